The largest absolute Gasteiger partial charge is 0.495 e. The zero-order valence-corrected chi connectivity index (χ0v) is 20.1. The highest BCUT2D eigenvalue weighted by molar-refractivity contribution is 7.93. The van der Waals surface area contributed by atoms with E-state index in [0.29, 0.717) is 17.2 Å². The summed E-state index contributed by atoms with van der Waals surface area (Å²) in [5.74, 6) is 1.03. The van der Waals surface area contributed by atoms with E-state index in [2.05, 4.69) is 9.44 Å². The summed E-state index contributed by atoms with van der Waals surface area (Å²) in [5, 5.41) is 0. The third-order valence-electron chi connectivity index (χ3n) is 4.68. The Morgan fingerprint density at radius 1 is 0.606 bits per heavy atom. The Morgan fingerprint density at radius 2 is 1.15 bits per heavy atom. The van der Waals surface area contributed by atoms with Crippen molar-refractivity contribution in [1.29, 1.82) is 0 Å². The van der Waals surface area contributed by atoms with Crippen molar-refractivity contribution in [2.75, 3.05) is 30.8 Å². The van der Waals surface area contributed by atoms with Crippen molar-refractivity contribution in [2.45, 2.75) is 16.7 Å². The number of hydrogen-bond donors (Lipinski definition) is 2. The van der Waals surface area contributed by atoms with E-state index in [1.807, 2.05) is 6.92 Å². The lowest BCUT2D eigenvalue weighted by Crippen LogP contribution is -2.15. The Bertz CT molecular complexity index is 1350. The van der Waals surface area contributed by atoms with Gasteiger partial charge in [-0.1, -0.05) is 6.07 Å². The van der Waals surface area contributed by atoms with E-state index in [1.165, 1.54) is 63.8 Å². The molecule has 0 atom stereocenters. The van der Waals surface area contributed by atoms with Crippen LogP contribution in [0, 0.1) is 6.92 Å². The summed E-state index contributed by atoms with van der Waals surface area (Å²) < 4.78 is 71.5. The molecule has 0 bridgehead atoms. The SMILES string of the molecule is COc1ccc(C)cc1NS(=O)(=O)c1ccc(NS(=O)(=O)c2ccc(OC)c(OC)c2)cc1. The van der Waals surface area contributed by atoms with Gasteiger partial charge in [-0.3, -0.25) is 9.44 Å². The molecule has 0 aliphatic rings. The maximum atomic E-state index is 12.8. The average Bonchev–Trinajstić information content (AvgIpc) is 2.78. The highest BCUT2D eigenvalue weighted by Gasteiger charge is 2.19. The van der Waals surface area contributed by atoms with E-state index in [0.717, 1.165) is 5.56 Å². The second-order valence-electron chi connectivity index (χ2n) is 6.96. The molecule has 0 radical (unpaired) electrons. The number of sulfonamides is 2. The van der Waals surface area contributed by atoms with E-state index >= 15 is 0 Å². The van der Waals surface area contributed by atoms with Crippen LogP contribution in [-0.2, 0) is 20.0 Å². The molecule has 11 heteroatoms. The molecule has 9 nitrogen and oxygen atoms in total. The van der Waals surface area contributed by atoms with E-state index < -0.39 is 20.0 Å². The highest BCUT2D eigenvalue weighted by Crippen LogP contribution is 2.31. The summed E-state index contributed by atoms with van der Waals surface area (Å²) >= 11 is 0. The summed E-state index contributed by atoms with van der Waals surface area (Å²) in [4.78, 5) is -0.0785. The summed E-state index contributed by atoms with van der Waals surface area (Å²) in [6, 6.07) is 14.6. The van der Waals surface area contributed by atoms with Crippen molar-refractivity contribution in [2.24, 2.45) is 0 Å². The van der Waals surface area contributed by atoms with Gasteiger partial charge in [0.15, 0.2) is 11.5 Å². The first kappa shape index (κ1) is 24.2. The van der Waals surface area contributed by atoms with E-state index in [1.54, 1.807) is 18.2 Å². The van der Waals surface area contributed by atoms with E-state index in [-0.39, 0.29) is 21.2 Å². The van der Waals surface area contributed by atoms with E-state index in [4.69, 9.17) is 14.2 Å². The summed E-state index contributed by atoms with van der Waals surface area (Å²) in [5.41, 5.74) is 1.35. The molecule has 3 aromatic carbocycles. The van der Waals surface area contributed by atoms with Crippen molar-refractivity contribution in [1.82, 2.24) is 0 Å². The van der Waals surface area contributed by atoms with Crippen LogP contribution < -0.4 is 23.7 Å². The summed E-state index contributed by atoms with van der Waals surface area (Å²) in [7, 11) is -3.58. The third kappa shape index (κ3) is 5.49. The lowest BCUT2D eigenvalue weighted by molar-refractivity contribution is 0.354. The monoisotopic (exact) mass is 492 g/mol. The molecule has 0 aromatic heterocycles. The van der Waals surface area contributed by atoms with Gasteiger partial charge in [-0.15, -0.1) is 0 Å². The van der Waals surface area contributed by atoms with Crippen LogP contribution in [0.2, 0.25) is 0 Å². The van der Waals surface area contributed by atoms with Gasteiger partial charge in [-0.25, -0.2) is 16.8 Å². The van der Waals surface area contributed by atoms with Gasteiger partial charge in [0.05, 0.1) is 36.8 Å². The lowest BCUT2D eigenvalue weighted by Gasteiger charge is -2.14. The van der Waals surface area contributed by atoms with Gasteiger partial charge >= 0.3 is 0 Å². The molecular formula is C22H24N2O7S2. The van der Waals surface area contributed by atoms with Gasteiger partial charge in [-0.2, -0.15) is 0 Å². The second kappa shape index (κ2) is 9.59. The Morgan fingerprint density at radius 3 is 1.76 bits per heavy atom. The van der Waals surface area contributed by atoms with Crippen LogP contribution >= 0.6 is 0 Å². The molecule has 3 rings (SSSR count). The minimum Gasteiger partial charge on any atom is -0.495 e. The molecule has 0 fully saturated rings. The first-order chi connectivity index (χ1) is 15.6. The second-order valence-corrected chi connectivity index (χ2v) is 10.3. The lowest BCUT2D eigenvalue weighted by atomic mass is 10.2. The molecule has 2 N–H and O–H groups in total. The van der Waals surface area contributed by atoms with Crippen molar-refractivity contribution < 1.29 is 31.0 Å². The Hall–Kier alpha value is -3.44. The molecule has 0 amide bonds. The van der Waals surface area contributed by atoms with E-state index in [9.17, 15) is 16.8 Å². The Kier molecular flexibility index (Phi) is 7.04. The molecule has 0 heterocycles. The third-order valence-corrected chi connectivity index (χ3v) is 7.44. The van der Waals surface area contributed by atoms with Crippen molar-refractivity contribution in [3.05, 3.63) is 66.2 Å². The molecule has 0 saturated carbocycles. The van der Waals surface area contributed by atoms with Crippen LogP contribution in [0.15, 0.2) is 70.5 Å². The standard InChI is InChI=1S/C22H24N2O7S2/c1-15-5-11-20(29-2)19(13-15)24-32(25,26)17-8-6-16(7-9-17)23-33(27,28)18-10-12-21(30-3)22(14-18)31-4/h5-14,23-24H,1-4H3. The molecule has 3 aromatic rings. The number of methoxy groups -OCH3 is 3. The van der Waals surface area contributed by atoms with Gasteiger partial charge in [-0.05, 0) is 61.0 Å². The molecule has 33 heavy (non-hydrogen) atoms. The fraction of sp³-hybridized carbons (Fsp3) is 0.182. The van der Waals surface area contributed by atoms with Gasteiger partial charge in [0.25, 0.3) is 20.0 Å². The molecule has 0 saturated heterocycles. The zero-order valence-electron chi connectivity index (χ0n) is 18.4. The minimum atomic E-state index is -3.95. The maximum Gasteiger partial charge on any atom is 0.262 e. The van der Waals surface area contributed by atoms with Crippen LogP contribution in [0.3, 0.4) is 0 Å². The van der Waals surface area contributed by atoms with Crippen molar-refractivity contribution in [3.8, 4) is 17.2 Å². The number of ether oxygens (including phenoxy) is 3. The number of benzene rings is 3. The summed E-state index contributed by atoms with van der Waals surface area (Å²) in [6.45, 7) is 1.83. The van der Waals surface area contributed by atoms with Crippen molar-refractivity contribution in [3.63, 3.8) is 0 Å². The highest BCUT2D eigenvalue weighted by atomic mass is 32.2. The van der Waals surface area contributed by atoms with Crippen LogP contribution in [-0.4, -0.2) is 38.2 Å². The summed E-state index contributed by atoms with van der Waals surface area (Å²) in [6.07, 6.45) is 0. The van der Waals surface area contributed by atoms with Gasteiger partial charge < -0.3 is 14.2 Å². The van der Waals surface area contributed by atoms with Gasteiger partial charge in [0.1, 0.15) is 5.75 Å². The van der Waals surface area contributed by atoms with Crippen LogP contribution in [0.4, 0.5) is 11.4 Å². The fourth-order valence-corrected chi connectivity index (χ4v) is 5.14. The van der Waals surface area contributed by atoms with Gasteiger partial charge in [0, 0.05) is 11.8 Å². The quantitative estimate of drug-likeness (QED) is 0.468. The minimum absolute atomic E-state index is 0.0370. The number of nitrogens with one attached hydrogen (secondary N) is 2. The normalized spacial score (nSPS) is 11.5. The van der Waals surface area contributed by atoms with Crippen LogP contribution in [0.25, 0.3) is 0 Å². The first-order valence-corrected chi connectivity index (χ1v) is 12.6. The number of aryl methyl sites for hydroxylation is 1. The molecular weight excluding hydrogens is 468 g/mol. The van der Waals surface area contributed by atoms with Crippen LogP contribution in [0.1, 0.15) is 5.56 Å². The number of hydrogen-bond acceptors (Lipinski definition) is 7. The molecule has 0 spiro atoms. The Balaban J connectivity index is 1.82. The topological polar surface area (TPSA) is 120 Å². The fourth-order valence-electron chi connectivity index (χ4n) is 3.01. The molecule has 0 aliphatic heterocycles. The number of rotatable bonds is 9. The number of anilines is 2. The average molecular weight is 493 g/mol. The first-order valence-electron chi connectivity index (χ1n) is 9.62. The maximum absolute atomic E-state index is 12.8. The van der Waals surface area contributed by atoms with Gasteiger partial charge in [0.2, 0.25) is 0 Å². The Labute approximate surface area is 193 Å². The smallest absolute Gasteiger partial charge is 0.262 e. The predicted molar refractivity (Wildman–Crippen MR) is 125 cm³/mol. The zero-order chi connectivity index (χ0) is 24.2. The predicted octanol–water partition coefficient (Wildman–Crippen LogP) is 3.62. The molecule has 176 valence electrons. The van der Waals surface area contributed by atoms with Crippen LogP contribution in [0.5, 0.6) is 17.2 Å². The molecule has 0 unspecified atom stereocenters. The molecule has 0 aliphatic carbocycles. The van der Waals surface area contributed by atoms with Crippen molar-refractivity contribution >= 4 is 31.4 Å².